The van der Waals surface area contributed by atoms with Gasteiger partial charge in [-0.2, -0.15) is 4.31 Å². The molecule has 0 unspecified atom stereocenters. The zero-order chi connectivity index (χ0) is 22.0. The molecule has 1 N–H and O–H groups in total. The van der Waals surface area contributed by atoms with Crippen LogP contribution in [0.5, 0.6) is 5.75 Å². The van der Waals surface area contributed by atoms with Crippen LogP contribution in [0.25, 0.3) is 10.9 Å². The smallest absolute Gasteiger partial charge is 0.252 e. The molecule has 0 aliphatic heterocycles. The van der Waals surface area contributed by atoms with Gasteiger partial charge in [-0.15, -0.1) is 0 Å². The van der Waals surface area contributed by atoms with Crippen molar-refractivity contribution >= 4 is 20.9 Å². The van der Waals surface area contributed by atoms with Crippen LogP contribution in [0.3, 0.4) is 0 Å². The van der Waals surface area contributed by atoms with Crippen molar-refractivity contribution < 1.29 is 13.2 Å². The van der Waals surface area contributed by atoms with Crippen molar-refractivity contribution in [2.45, 2.75) is 57.0 Å². The lowest BCUT2D eigenvalue weighted by Crippen LogP contribution is -2.39. The molecule has 2 aromatic carbocycles. The predicted molar refractivity (Wildman–Crippen MR) is 122 cm³/mol. The van der Waals surface area contributed by atoms with E-state index in [2.05, 4.69) is 4.98 Å². The van der Waals surface area contributed by atoms with Gasteiger partial charge >= 0.3 is 0 Å². The van der Waals surface area contributed by atoms with E-state index < -0.39 is 10.0 Å². The molecular weight excluding hydrogens is 412 g/mol. The van der Waals surface area contributed by atoms with E-state index in [1.165, 1.54) is 4.31 Å². The third kappa shape index (κ3) is 4.52. The van der Waals surface area contributed by atoms with Gasteiger partial charge in [0, 0.05) is 29.1 Å². The van der Waals surface area contributed by atoms with Crippen LogP contribution in [0, 0.1) is 6.92 Å². The average molecular weight is 441 g/mol. The summed E-state index contributed by atoms with van der Waals surface area (Å²) in [6, 6.07) is 14.1. The van der Waals surface area contributed by atoms with Crippen molar-refractivity contribution in [1.82, 2.24) is 9.29 Å². The van der Waals surface area contributed by atoms with Crippen molar-refractivity contribution in [2.75, 3.05) is 6.61 Å². The molecule has 7 heteroatoms. The van der Waals surface area contributed by atoms with Crippen LogP contribution >= 0.6 is 0 Å². The van der Waals surface area contributed by atoms with E-state index in [1.54, 1.807) is 30.3 Å². The van der Waals surface area contributed by atoms with Crippen molar-refractivity contribution in [3.05, 3.63) is 70.0 Å². The summed E-state index contributed by atoms with van der Waals surface area (Å²) < 4.78 is 34.2. The number of rotatable bonds is 7. The molecule has 3 aromatic rings. The fourth-order valence-electron chi connectivity index (χ4n) is 4.22. The first-order chi connectivity index (χ1) is 14.9. The summed E-state index contributed by atoms with van der Waals surface area (Å²) in [6.07, 6.45) is 3.61. The zero-order valence-electron chi connectivity index (χ0n) is 17.9. The molecule has 1 aliphatic carbocycles. The summed E-state index contributed by atoms with van der Waals surface area (Å²) in [7, 11) is -3.73. The summed E-state index contributed by atoms with van der Waals surface area (Å²) in [5, 5.41) is 0.819. The molecule has 164 valence electrons. The summed E-state index contributed by atoms with van der Waals surface area (Å²) in [5.41, 5.74) is 1.87. The molecule has 0 saturated heterocycles. The van der Waals surface area contributed by atoms with E-state index in [0.29, 0.717) is 23.4 Å². The fourth-order valence-corrected chi connectivity index (χ4v) is 5.88. The Morgan fingerprint density at radius 3 is 2.45 bits per heavy atom. The van der Waals surface area contributed by atoms with Gasteiger partial charge in [0.2, 0.25) is 10.0 Å². The summed E-state index contributed by atoms with van der Waals surface area (Å²) in [6.45, 7) is 4.44. The molecule has 0 bridgehead atoms. The SMILES string of the molecule is CCOc1ccc2[nH]c(=O)c(CN(C3CCCC3)S(=O)(=O)c3ccc(C)cc3)cc2c1. The quantitative estimate of drug-likeness (QED) is 0.592. The van der Waals surface area contributed by atoms with Gasteiger partial charge in [0.05, 0.1) is 11.5 Å². The number of benzene rings is 2. The average Bonchev–Trinajstić information content (AvgIpc) is 3.27. The molecule has 31 heavy (non-hydrogen) atoms. The van der Waals surface area contributed by atoms with Crippen LogP contribution in [0.1, 0.15) is 43.7 Å². The number of nitrogens with one attached hydrogen (secondary N) is 1. The molecule has 6 nitrogen and oxygen atoms in total. The van der Waals surface area contributed by atoms with Gasteiger partial charge < -0.3 is 9.72 Å². The van der Waals surface area contributed by atoms with E-state index in [1.807, 2.05) is 32.0 Å². The Balaban J connectivity index is 1.74. The van der Waals surface area contributed by atoms with E-state index >= 15 is 0 Å². The van der Waals surface area contributed by atoms with Crippen molar-refractivity contribution in [3.8, 4) is 5.75 Å². The lowest BCUT2D eigenvalue weighted by atomic mass is 10.1. The molecule has 1 aromatic heterocycles. The van der Waals surface area contributed by atoms with Gasteiger partial charge in [-0.25, -0.2) is 8.42 Å². The lowest BCUT2D eigenvalue weighted by Gasteiger charge is -2.28. The summed E-state index contributed by atoms with van der Waals surface area (Å²) in [4.78, 5) is 15.9. The first-order valence-electron chi connectivity index (χ1n) is 10.8. The minimum Gasteiger partial charge on any atom is -0.494 e. The molecule has 1 fully saturated rings. The highest BCUT2D eigenvalue weighted by molar-refractivity contribution is 7.89. The highest BCUT2D eigenvalue weighted by Gasteiger charge is 2.34. The minimum atomic E-state index is -3.73. The topological polar surface area (TPSA) is 79.5 Å². The highest BCUT2D eigenvalue weighted by atomic mass is 32.2. The van der Waals surface area contributed by atoms with E-state index in [0.717, 1.165) is 36.6 Å². The van der Waals surface area contributed by atoms with Gasteiger partial charge in [0.1, 0.15) is 5.75 Å². The number of fused-ring (bicyclic) bond motifs is 1. The molecule has 0 spiro atoms. The maximum absolute atomic E-state index is 13.5. The van der Waals surface area contributed by atoms with Crippen LogP contribution in [0.4, 0.5) is 0 Å². The van der Waals surface area contributed by atoms with Crippen LogP contribution in [-0.4, -0.2) is 30.4 Å². The third-order valence-electron chi connectivity index (χ3n) is 5.89. The number of aryl methyl sites for hydroxylation is 1. The first-order valence-corrected chi connectivity index (χ1v) is 12.2. The molecule has 1 aliphatic rings. The minimum absolute atomic E-state index is 0.0466. The number of aromatic amines is 1. The number of nitrogens with zero attached hydrogens (tertiary/aromatic N) is 1. The van der Waals surface area contributed by atoms with Gasteiger partial charge in [-0.3, -0.25) is 4.79 Å². The van der Waals surface area contributed by atoms with E-state index in [-0.39, 0.29) is 23.0 Å². The standard InChI is InChI=1S/C24H28N2O4S/c1-3-30-21-10-13-23-18(15-21)14-19(24(27)25-23)16-26(20-6-4-5-7-20)31(28,29)22-11-8-17(2)9-12-22/h8-15,20H,3-7,16H2,1-2H3,(H,25,27). The number of H-pyrrole nitrogens is 1. The van der Waals surface area contributed by atoms with Crippen LogP contribution < -0.4 is 10.3 Å². The second kappa shape index (κ2) is 8.85. The monoisotopic (exact) mass is 440 g/mol. The Hall–Kier alpha value is -2.64. The maximum atomic E-state index is 13.5. The van der Waals surface area contributed by atoms with Gasteiger partial charge in [0.15, 0.2) is 0 Å². The van der Waals surface area contributed by atoms with Gasteiger partial charge in [0.25, 0.3) is 5.56 Å². The van der Waals surface area contributed by atoms with Gasteiger partial charge in [-0.05, 0) is 63.1 Å². The Kier molecular flexibility index (Phi) is 6.16. The second-order valence-electron chi connectivity index (χ2n) is 8.11. The summed E-state index contributed by atoms with van der Waals surface area (Å²) >= 11 is 0. The number of ether oxygens (including phenoxy) is 1. The Morgan fingerprint density at radius 1 is 1.06 bits per heavy atom. The highest BCUT2D eigenvalue weighted by Crippen LogP contribution is 2.30. The van der Waals surface area contributed by atoms with Crippen LogP contribution in [0.15, 0.2) is 58.2 Å². The fraction of sp³-hybridized carbons (Fsp3) is 0.375. The largest absolute Gasteiger partial charge is 0.494 e. The molecule has 0 atom stereocenters. The zero-order valence-corrected chi connectivity index (χ0v) is 18.7. The number of sulfonamides is 1. The summed E-state index contributed by atoms with van der Waals surface area (Å²) in [5.74, 6) is 0.716. The number of hydrogen-bond donors (Lipinski definition) is 1. The number of hydrogen-bond acceptors (Lipinski definition) is 4. The number of aromatic nitrogens is 1. The molecule has 1 saturated carbocycles. The van der Waals surface area contributed by atoms with Crippen molar-refractivity contribution in [1.29, 1.82) is 0 Å². The van der Waals surface area contributed by atoms with Gasteiger partial charge in [-0.1, -0.05) is 30.5 Å². The van der Waals surface area contributed by atoms with Crippen LogP contribution in [-0.2, 0) is 16.6 Å². The lowest BCUT2D eigenvalue weighted by molar-refractivity contribution is 0.315. The first kappa shape index (κ1) is 21.6. The Bertz CT molecular complexity index is 1230. The van der Waals surface area contributed by atoms with Crippen molar-refractivity contribution in [2.24, 2.45) is 0 Å². The molecule has 0 radical (unpaired) electrons. The molecular formula is C24H28N2O4S. The third-order valence-corrected chi connectivity index (χ3v) is 7.80. The molecule has 0 amide bonds. The second-order valence-corrected chi connectivity index (χ2v) is 10.00. The van der Waals surface area contributed by atoms with Crippen LogP contribution in [0.2, 0.25) is 0 Å². The van der Waals surface area contributed by atoms with E-state index in [4.69, 9.17) is 4.74 Å². The Morgan fingerprint density at radius 2 is 1.77 bits per heavy atom. The van der Waals surface area contributed by atoms with Crippen molar-refractivity contribution in [3.63, 3.8) is 0 Å². The molecule has 1 heterocycles. The molecule has 4 rings (SSSR count). The van der Waals surface area contributed by atoms with E-state index in [9.17, 15) is 13.2 Å². The Labute approximate surface area is 182 Å². The predicted octanol–water partition coefficient (Wildman–Crippen LogP) is 4.37. The normalized spacial score (nSPS) is 15.1. The maximum Gasteiger partial charge on any atom is 0.252 e. The number of pyridine rings is 1.